The average molecular weight is 1440 g/mol. The normalized spacial score (nSPS) is 11.6. The number of aromatic nitrogens is 12. The maximum Gasteiger partial charge on any atom is 0.167 e. The quantitative estimate of drug-likeness (QED) is 0.111. The molecule has 524 valence electrons. The third-order valence-electron chi connectivity index (χ3n) is 20.0. The van der Waals surface area contributed by atoms with Gasteiger partial charge in [-0.05, 0) is 54.6 Å². The van der Waals surface area contributed by atoms with Gasteiger partial charge >= 0.3 is 0 Å². The summed E-state index contributed by atoms with van der Waals surface area (Å²) in [7, 11) is 0. The van der Waals surface area contributed by atoms with Crippen molar-refractivity contribution in [2.45, 2.75) is 0 Å². The van der Waals surface area contributed by atoms with Crippen molar-refractivity contribution in [3.63, 3.8) is 0 Å². The van der Waals surface area contributed by atoms with Gasteiger partial charge in [-0.3, -0.25) is 0 Å². The number of benzene rings is 14. The molecule has 0 aliphatic heterocycles. The molecule has 0 aliphatic carbocycles. The minimum Gasteiger partial charge on any atom is -0.456 e. The lowest BCUT2D eigenvalue weighted by Crippen LogP contribution is -2.00. The largest absolute Gasteiger partial charge is 0.456 e. The maximum absolute atomic E-state index is 6.75. The van der Waals surface area contributed by atoms with Gasteiger partial charge in [-0.15, -0.1) is 0 Å². The third-order valence-corrected chi connectivity index (χ3v) is 20.0. The number of hydrogen-bond acceptors (Lipinski definition) is 16. The van der Waals surface area contributed by atoms with Crippen LogP contribution in [0.5, 0.6) is 0 Å². The van der Waals surface area contributed by atoms with Crippen LogP contribution in [0.3, 0.4) is 0 Å². The van der Waals surface area contributed by atoms with Crippen molar-refractivity contribution in [2.75, 3.05) is 0 Å². The molecule has 112 heavy (non-hydrogen) atoms. The van der Waals surface area contributed by atoms with Crippen molar-refractivity contribution in [3.8, 4) is 137 Å². The predicted molar refractivity (Wildman–Crippen MR) is 441 cm³/mol. The number of para-hydroxylation sites is 4. The van der Waals surface area contributed by atoms with E-state index in [0.717, 1.165) is 132 Å². The summed E-state index contributed by atoms with van der Waals surface area (Å²) in [6.07, 6.45) is 0. The van der Waals surface area contributed by atoms with Gasteiger partial charge in [0.1, 0.15) is 44.7 Å². The van der Waals surface area contributed by atoms with E-state index in [-0.39, 0.29) is 0 Å². The van der Waals surface area contributed by atoms with Gasteiger partial charge in [0.05, 0.1) is 11.1 Å². The van der Waals surface area contributed by atoms with Crippen molar-refractivity contribution in [1.29, 1.82) is 0 Å². The molecular weight excluding hydrogens is 1390 g/mol. The van der Waals surface area contributed by atoms with Gasteiger partial charge in [0.2, 0.25) is 0 Å². The van der Waals surface area contributed by atoms with E-state index in [4.69, 9.17) is 77.5 Å². The molecule has 22 aromatic rings. The van der Waals surface area contributed by atoms with Crippen molar-refractivity contribution in [2.24, 2.45) is 0 Å². The van der Waals surface area contributed by atoms with E-state index < -0.39 is 0 Å². The average Bonchev–Trinajstić information content (AvgIpc) is 1.57. The number of furan rings is 4. The predicted octanol–water partition coefficient (Wildman–Crippen LogP) is 23.7. The summed E-state index contributed by atoms with van der Waals surface area (Å²) in [5.41, 5.74) is 16.0. The number of fused-ring (bicyclic) bond motifs is 12. The molecule has 0 saturated carbocycles. The van der Waals surface area contributed by atoms with Crippen LogP contribution in [0.15, 0.2) is 357 Å². The Labute approximate surface area is 637 Å². The molecule has 0 saturated heterocycles. The Morgan fingerprint density at radius 2 is 0.384 bits per heavy atom. The molecule has 0 radical (unpaired) electrons. The smallest absolute Gasteiger partial charge is 0.167 e. The first-order valence-corrected chi connectivity index (χ1v) is 36.6. The van der Waals surface area contributed by atoms with Crippen LogP contribution in [0.1, 0.15) is 0 Å². The number of nitrogens with zero attached hydrogens (tertiary/aromatic N) is 12. The van der Waals surface area contributed by atoms with Crippen LogP contribution in [0, 0.1) is 0 Å². The molecule has 0 aliphatic rings. The lowest BCUT2D eigenvalue weighted by molar-refractivity contribution is 0.668. The van der Waals surface area contributed by atoms with Gasteiger partial charge in [-0.2, -0.15) is 0 Å². The van der Waals surface area contributed by atoms with Crippen molar-refractivity contribution in [3.05, 3.63) is 340 Å². The molecule has 0 amide bonds. The Morgan fingerprint density at radius 3 is 0.768 bits per heavy atom. The van der Waals surface area contributed by atoms with Crippen LogP contribution in [0.4, 0.5) is 0 Å². The molecule has 0 fully saturated rings. The summed E-state index contributed by atoms with van der Waals surface area (Å²) in [6, 6.07) is 112. The zero-order valence-corrected chi connectivity index (χ0v) is 59.3. The summed E-state index contributed by atoms with van der Waals surface area (Å²) in [5.74, 6) is 6.59. The molecule has 22 rings (SSSR count). The Bertz CT molecular complexity index is 7270. The molecule has 0 unspecified atom stereocenters. The van der Waals surface area contributed by atoms with Gasteiger partial charge in [-0.1, -0.05) is 285 Å². The fourth-order valence-electron chi connectivity index (χ4n) is 14.8. The molecule has 14 aromatic carbocycles. The number of rotatable bonds is 12. The highest BCUT2D eigenvalue weighted by atomic mass is 16.3. The first-order valence-electron chi connectivity index (χ1n) is 36.6. The van der Waals surface area contributed by atoms with E-state index in [2.05, 4.69) is 30.3 Å². The van der Waals surface area contributed by atoms with Crippen LogP contribution in [-0.4, -0.2) is 59.8 Å². The molecular formula is C96H56N12O4. The molecule has 8 aromatic heterocycles. The molecule has 0 bridgehead atoms. The van der Waals surface area contributed by atoms with E-state index in [9.17, 15) is 0 Å². The second-order valence-corrected chi connectivity index (χ2v) is 26.9. The lowest BCUT2D eigenvalue weighted by atomic mass is 10.0. The van der Waals surface area contributed by atoms with Gasteiger partial charge in [-0.25, -0.2) is 59.8 Å². The Kier molecular flexibility index (Phi) is 15.8. The van der Waals surface area contributed by atoms with E-state index in [0.29, 0.717) is 92.2 Å². The molecule has 16 nitrogen and oxygen atoms in total. The SMILES string of the molecule is c1ccc(-c2nc(-c3ccc4c(c3)oc3ccccc34)nc(-c3cccc4c3oc3cccc(-c5nc(-c6ccccc6)nc(-c6ccccc6)n5)c34)n2)cc1.c1ccc(-c2nc(-c3cccc4c3oc3cccc(-c5nc(-c6ccccc6)nc(-c6ccccc6)n5)c34)nc(-c3cccc4oc5ccccc5c34)n2)cc1. The van der Waals surface area contributed by atoms with E-state index >= 15 is 0 Å². The number of hydrogen-bond donors (Lipinski definition) is 0. The van der Waals surface area contributed by atoms with Crippen molar-refractivity contribution >= 4 is 87.8 Å². The van der Waals surface area contributed by atoms with Gasteiger partial charge in [0, 0.05) is 98.7 Å². The second-order valence-electron chi connectivity index (χ2n) is 26.9. The highest BCUT2D eigenvalue weighted by Gasteiger charge is 2.26. The van der Waals surface area contributed by atoms with Crippen LogP contribution >= 0.6 is 0 Å². The molecule has 0 atom stereocenters. The lowest BCUT2D eigenvalue weighted by Gasteiger charge is -2.10. The first-order chi connectivity index (χ1) is 55.5. The monoisotopic (exact) mass is 1440 g/mol. The first kappa shape index (κ1) is 64.7. The van der Waals surface area contributed by atoms with Crippen LogP contribution in [0.2, 0.25) is 0 Å². The summed E-state index contributed by atoms with van der Waals surface area (Å²) in [4.78, 5) is 60.4. The van der Waals surface area contributed by atoms with Gasteiger partial charge < -0.3 is 17.7 Å². The standard InChI is InChI=1S/2C48H28N6O2/c1-4-15-29(16-5-1)43-49-44(30-17-6-2-7-18-30)51-46(50-43)35-24-14-28-39-41(35)33-22-12-25-36(42(33)56-39)48-53-45(31-19-8-3-9-20-31)52-47(54-48)34-23-13-27-38-40(34)32-21-10-11-26-37(32)55-38;1-4-14-29(15-5-1)43-49-44(30-16-6-2-7-17-30)52-47(51-43)36-22-13-25-39-41(36)35-21-12-23-37(42(35)56-39)48-53-45(31-18-8-3-9-19-31)50-46(54-48)32-26-27-34-33-20-10-11-24-38(33)55-40(34)28-32/h2*1-28H. The van der Waals surface area contributed by atoms with Gasteiger partial charge in [0.15, 0.2) is 69.9 Å². The Morgan fingerprint density at radius 1 is 0.143 bits per heavy atom. The summed E-state index contributed by atoms with van der Waals surface area (Å²) in [6.45, 7) is 0. The molecule has 8 heterocycles. The van der Waals surface area contributed by atoms with Crippen LogP contribution < -0.4 is 0 Å². The van der Waals surface area contributed by atoms with E-state index in [1.54, 1.807) is 0 Å². The fraction of sp³-hybridized carbons (Fsp3) is 0. The highest BCUT2D eigenvalue weighted by molar-refractivity contribution is 6.17. The topological polar surface area (TPSA) is 207 Å². The second kappa shape index (κ2) is 27.3. The van der Waals surface area contributed by atoms with E-state index in [1.165, 1.54) is 0 Å². The summed E-state index contributed by atoms with van der Waals surface area (Å²) >= 11 is 0. The maximum atomic E-state index is 6.75. The minimum atomic E-state index is 0.489. The van der Waals surface area contributed by atoms with Crippen LogP contribution in [-0.2, 0) is 0 Å². The molecule has 0 N–H and O–H groups in total. The Hall–Kier alpha value is -15.7. The van der Waals surface area contributed by atoms with Crippen molar-refractivity contribution < 1.29 is 17.7 Å². The third kappa shape index (κ3) is 11.7. The zero-order valence-electron chi connectivity index (χ0n) is 59.3. The Balaban J connectivity index is 0.000000141. The van der Waals surface area contributed by atoms with Gasteiger partial charge in [0.25, 0.3) is 0 Å². The highest BCUT2D eigenvalue weighted by Crippen LogP contribution is 2.45. The van der Waals surface area contributed by atoms with E-state index in [1.807, 2.05) is 309 Å². The molecule has 0 spiro atoms. The summed E-state index contributed by atoms with van der Waals surface area (Å²) in [5, 5.41) is 7.61. The van der Waals surface area contributed by atoms with Crippen molar-refractivity contribution in [1.82, 2.24) is 59.8 Å². The fourth-order valence-corrected chi connectivity index (χ4v) is 14.8. The molecule has 16 heteroatoms. The van der Waals surface area contributed by atoms with Crippen LogP contribution in [0.25, 0.3) is 224 Å². The summed E-state index contributed by atoms with van der Waals surface area (Å²) < 4.78 is 26.0. The zero-order chi connectivity index (χ0) is 74.0. The minimum absolute atomic E-state index is 0.489.